The third-order valence-corrected chi connectivity index (χ3v) is 7.45. The Labute approximate surface area is 216 Å². The second-order valence-electron chi connectivity index (χ2n) is 8.54. The molecule has 0 atom stereocenters. The summed E-state index contributed by atoms with van der Waals surface area (Å²) in [5.41, 5.74) is -1.38. The van der Waals surface area contributed by atoms with Crippen molar-refractivity contribution >= 4 is 21.7 Å². The van der Waals surface area contributed by atoms with Gasteiger partial charge in [-0.2, -0.15) is 18.3 Å². The third-order valence-electron chi connectivity index (χ3n) is 5.73. The number of alkyl halides is 3. The molecule has 3 aromatic rings. The molecule has 0 saturated carbocycles. The smallest absolute Gasteiger partial charge is 0.435 e. The van der Waals surface area contributed by atoms with Crippen molar-refractivity contribution < 1.29 is 35.9 Å². The van der Waals surface area contributed by atoms with E-state index < -0.39 is 39.1 Å². The molecule has 0 bridgehead atoms. The number of rotatable bonds is 8. The number of hydrogen-bond acceptors (Lipinski definition) is 7. The van der Waals surface area contributed by atoms with Crippen LogP contribution in [0.5, 0.6) is 5.88 Å². The number of halogens is 3. The first-order valence-corrected chi connectivity index (χ1v) is 13.5. The Balaban J connectivity index is 1.28. The van der Waals surface area contributed by atoms with Crippen LogP contribution in [0, 0.1) is 0 Å². The summed E-state index contributed by atoms with van der Waals surface area (Å²) in [6, 6.07) is 11.0. The number of nitrogens with one attached hydrogen (secondary N) is 2. The van der Waals surface area contributed by atoms with E-state index in [0.29, 0.717) is 18.5 Å². The number of sulfone groups is 1. The normalized spacial score (nSPS) is 15.6. The van der Waals surface area contributed by atoms with Crippen molar-refractivity contribution in [1.29, 1.82) is 0 Å². The van der Waals surface area contributed by atoms with Gasteiger partial charge in [-0.15, -0.1) is 0 Å². The van der Waals surface area contributed by atoms with E-state index in [1.807, 2.05) is 0 Å². The van der Waals surface area contributed by atoms with Crippen LogP contribution in [-0.4, -0.2) is 65.7 Å². The summed E-state index contributed by atoms with van der Waals surface area (Å²) in [5, 5.41) is 8.44. The number of para-hydroxylation sites is 1. The molecule has 1 aliphatic heterocycles. The molecule has 1 aliphatic rings. The Morgan fingerprint density at radius 3 is 2.26 bits per heavy atom. The van der Waals surface area contributed by atoms with Crippen molar-refractivity contribution in [3.63, 3.8) is 0 Å². The number of aromatic nitrogens is 3. The summed E-state index contributed by atoms with van der Waals surface area (Å²) in [6.45, 7) is -0.175. The van der Waals surface area contributed by atoms with E-state index in [1.54, 1.807) is 30.3 Å². The maximum atomic E-state index is 13.5. The molecule has 2 N–H and O–H groups in total. The van der Waals surface area contributed by atoms with E-state index in [-0.39, 0.29) is 42.1 Å². The molecule has 3 heterocycles. The summed E-state index contributed by atoms with van der Waals surface area (Å²) >= 11 is 0. The van der Waals surface area contributed by atoms with Crippen molar-refractivity contribution in [2.45, 2.75) is 25.1 Å². The van der Waals surface area contributed by atoms with Crippen LogP contribution >= 0.6 is 0 Å². The second kappa shape index (κ2) is 11.2. The van der Waals surface area contributed by atoms with Gasteiger partial charge in [0.25, 0.3) is 11.8 Å². The molecule has 1 fully saturated rings. The predicted octanol–water partition coefficient (Wildman–Crippen LogP) is 2.40. The summed E-state index contributed by atoms with van der Waals surface area (Å²) in [4.78, 5) is 28.9. The number of benzene rings is 1. The van der Waals surface area contributed by atoms with Gasteiger partial charge in [0, 0.05) is 31.5 Å². The van der Waals surface area contributed by atoms with Gasteiger partial charge in [-0.25, -0.2) is 18.1 Å². The molecule has 0 radical (unpaired) electrons. The zero-order valence-electron chi connectivity index (χ0n) is 19.9. The first-order valence-electron chi connectivity index (χ1n) is 11.6. The highest BCUT2D eigenvalue weighted by molar-refractivity contribution is 7.91. The minimum absolute atomic E-state index is 0.0481. The van der Waals surface area contributed by atoms with Crippen LogP contribution in [-0.2, 0) is 16.0 Å². The second-order valence-corrected chi connectivity index (χ2v) is 10.8. The maximum absolute atomic E-state index is 13.5. The van der Waals surface area contributed by atoms with Gasteiger partial charge < -0.3 is 15.4 Å². The molecule has 0 aliphatic carbocycles. The lowest BCUT2D eigenvalue weighted by Crippen LogP contribution is -2.35. The van der Waals surface area contributed by atoms with E-state index in [9.17, 15) is 31.2 Å². The van der Waals surface area contributed by atoms with E-state index >= 15 is 0 Å². The van der Waals surface area contributed by atoms with Crippen LogP contribution in [0.15, 0.2) is 54.9 Å². The van der Waals surface area contributed by atoms with Crippen molar-refractivity contribution in [3.05, 3.63) is 71.7 Å². The van der Waals surface area contributed by atoms with Gasteiger partial charge in [0.05, 0.1) is 28.3 Å². The van der Waals surface area contributed by atoms with Gasteiger partial charge in [0.15, 0.2) is 15.5 Å². The Hall–Kier alpha value is -3.94. The highest BCUT2D eigenvalue weighted by atomic mass is 32.2. The lowest BCUT2D eigenvalue weighted by Gasteiger charge is -2.22. The van der Waals surface area contributed by atoms with Gasteiger partial charge in [0.2, 0.25) is 5.88 Å². The minimum Gasteiger partial charge on any atom is -0.474 e. The number of pyridine rings is 1. The molecule has 10 nitrogen and oxygen atoms in total. The van der Waals surface area contributed by atoms with Crippen LogP contribution in [0.4, 0.5) is 13.2 Å². The van der Waals surface area contributed by atoms with Crippen LogP contribution in [0.1, 0.15) is 39.3 Å². The zero-order chi connectivity index (χ0) is 27.3. The Kier molecular flexibility index (Phi) is 7.99. The molecule has 2 amide bonds. The fourth-order valence-corrected chi connectivity index (χ4v) is 5.20. The summed E-state index contributed by atoms with van der Waals surface area (Å²) in [5.74, 6) is -1.11. The molecular formula is C24H24F3N5O5S. The predicted molar refractivity (Wildman–Crippen MR) is 130 cm³/mol. The molecular weight excluding hydrogens is 527 g/mol. The van der Waals surface area contributed by atoms with Gasteiger partial charge in [-0.3, -0.25) is 9.59 Å². The van der Waals surface area contributed by atoms with E-state index in [2.05, 4.69) is 20.7 Å². The summed E-state index contributed by atoms with van der Waals surface area (Å²) in [6.07, 6.45) is -2.07. The van der Waals surface area contributed by atoms with Crippen LogP contribution in [0.2, 0.25) is 0 Å². The molecule has 14 heteroatoms. The van der Waals surface area contributed by atoms with Gasteiger partial charge in [-0.05, 0) is 31.0 Å². The Morgan fingerprint density at radius 1 is 1.00 bits per heavy atom. The lowest BCUT2D eigenvalue weighted by molar-refractivity contribution is -0.141. The molecule has 1 saturated heterocycles. The van der Waals surface area contributed by atoms with Crippen molar-refractivity contribution in [2.24, 2.45) is 0 Å². The zero-order valence-corrected chi connectivity index (χ0v) is 20.8. The number of carbonyl (C=O) groups excluding carboxylic acids is 2. The van der Waals surface area contributed by atoms with E-state index in [4.69, 9.17) is 4.74 Å². The summed E-state index contributed by atoms with van der Waals surface area (Å²) in [7, 11) is -3.01. The van der Waals surface area contributed by atoms with Crippen LogP contribution in [0.3, 0.4) is 0 Å². The number of nitrogens with zero attached hydrogens (tertiary/aromatic N) is 3. The van der Waals surface area contributed by atoms with Crippen LogP contribution in [0.25, 0.3) is 5.69 Å². The van der Waals surface area contributed by atoms with E-state index in [0.717, 1.165) is 10.9 Å². The van der Waals surface area contributed by atoms with Crippen molar-refractivity contribution in [2.75, 3.05) is 24.6 Å². The highest BCUT2D eigenvalue weighted by Gasteiger charge is 2.39. The van der Waals surface area contributed by atoms with E-state index in [1.165, 1.54) is 18.3 Å². The first kappa shape index (κ1) is 27.1. The maximum Gasteiger partial charge on any atom is 0.435 e. The standard InChI is InChI=1S/C24H24F3N5O5S/c25-24(26,27)21-19(15-32(31-21)17-4-2-1-3-5-17)23(34)29-11-10-28-22(33)16-6-7-20(30-14-16)37-18-8-12-38(35,36)13-9-18/h1-7,14-15,18H,8-13H2,(H,28,33)(H,29,34). The van der Waals surface area contributed by atoms with Crippen LogP contribution < -0.4 is 15.4 Å². The van der Waals surface area contributed by atoms with Gasteiger partial charge in [-0.1, -0.05) is 18.2 Å². The fourth-order valence-electron chi connectivity index (χ4n) is 3.75. The molecule has 2 aromatic heterocycles. The molecule has 0 unspecified atom stereocenters. The molecule has 0 spiro atoms. The van der Waals surface area contributed by atoms with Crippen molar-refractivity contribution in [3.8, 4) is 11.6 Å². The van der Waals surface area contributed by atoms with Gasteiger partial charge >= 0.3 is 6.18 Å². The Morgan fingerprint density at radius 2 is 1.66 bits per heavy atom. The molecule has 4 rings (SSSR count). The SMILES string of the molecule is O=C(NCCNC(=O)c1cn(-c2ccccc2)nc1C(F)(F)F)c1ccc(OC2CCS(=O)(=O)CC2)nc1. The average Bonchev–Trinajstić information content (AvgIpc) is 3.35. The first-order chi connectivity index (χ1) is 18.0. The van der Waals surface area contributed by atoms with Crippen molar-refractivity contribution in [1.82, 2.24) is 25.4 Å². The quantitative estimate of drug-likeness (QED) is 0.411. The molecule has 1 aromatic carbocycles. The monoisotopic (exact) mass is 551 g/mol. The third kappa shape index (κ3) is 6.88. The lowest BCUT2D eigenvalue weighted by atomic mass is 10.2. The fraction of sp³-hybridized carbons (Fsp3) is 0.333. The molecule has 38 heavy (non-hydrogen) atoms. The average molecular weight is 552 g/mol. The Bertz CT molecular complexity index is 1380. The minimum atomic E-state index is -4.83. The topological polar surface area (TPSA) is 132 Å². The van der Waals surface area contributed by atoms with Gasteiger partial charge in [0.1, 0.15) is 6.10 Å². The number of amides is 2. The summed E-state index contributed by atoms with van der Waals surface area (Å²) < 4.78 is 70.0. The number of ether oxygens (including phenoxy) is 1. The highest BCUT2D eigenvalue weighted by Crippen LogP contribution is 2.31. The number of carbonyl (C=O) groups is 2. The molecule has 202 valence electrons. The number of hydrogen-bond donors (Lipinski definition) is 2. The largest absolute Gasteiger partial charge is 0.474 e.